The molecule has 0 aliphatic rings. The monoisotopic (exact) mass is 368 g/mol. The van der Waals surface area contributed by atoms with Gasteiger partial charge in [0, 0.05) is 16.8 Å². The third-order valence-corrected chi connectivity index (χ3v) is 3.32. The Morgan fingerprint density at radius 2 is 2.13 bits per heavy atom. The minimum atomic E-state index is -0.566. The Kier molecular flexibility index (Phi) is 5.86. The van der Waals surface area contributed by atoms with Gasteiger partial charge >= 0.3 is 0 Å². The number of aromatic nitrogens is 1. The molecule has 2 rings (SSSR count). The van der Waals surface area contributed by atoms with Crippen molar-refractivity contribution in [2.24, 2.45) is 5.10 Å². The summed E-state index contributed by atoms with van der Waals surface area (Å²) in [6, 6.07) is 7.93. The maximum absolute atomic E-state index is 11.8. The first-order chi connectivity index (χ1) is 11.0. The van der Waals surface area contributed by atoms with Gasteiger partial charge in [-0.2, -0.15) is 5.10 Å². The van der Waals surface area contributed by atoms with E-state index in [4.69, 9.17) is 35.4 Å². The number of thiocarbonyl (C=S) groups is 1. The number of nitrogens with zero attached hydrogens (tertiary/aromatic N) is 2. The van der Waals surface area contributed by atoms with Crippen LogP contribution in [0.4, 0.5) is 5.82 Å². The molecule has 3 N–H and O–H groups in total. The van der Waals surface area contributed by atoms with E-state index in [0.717, 1.165) is 0 Å². The lowest BCUT2D eigenvalue weighted by atomic mass is 10.2. The maximum atomic E-state index is 11.8. The molecule has 1 amide bonds. The van der Waals surface area contributed by atoms with Gasteiger partial charge in [-0.3, -0.25) is 10.2 Å². The fourth-order valence-corrected chi connectivity index (χ4v) is 2.12. The molecule has 0 bridgehead atoms. The summed E-state index contributed by atoms with van der Waals surface area (Å²) in [4.78, 5) is 15.6. The van der Waals surface area contributed by atoms with Crippen molar-refractivity contribution in [3.63, 3.8) is 0 Å². The Hall–Kier alpha value is -2.22. The van der Waals surface area contributed by atoms with Crippen LogP contribution in [0, 0.1) is 0 Å². The summed E-state index contributed by atoms with van der Waals surface area (Å²) in [5.74, 6) is -0.375. The molecular weight excluding hydrogens is 359 g/mol. The lowest BCUT2D eigenvalue weighted by molar-refractivity contribution is -0.110. The Morgan fingerprint density at radius 1 is 1.35 bits per heavy atom. The van der Waals surface area contributed by atoms with Crippen LogP contribution < -0.4 is 10.7 Å². The van der Waals surface area contributed by atoms with E-state index < -0.39 is 5.91 Å². The molecule has 0 aliphatic heterocycles. The molecule has 6 nitrogen and oxygen atoms in total. The van der Waals surface area contributed by atoms with Gasteiger partial charge in [0.15, 0.2) is 4.99 Å². The first kappa shape index (κ1) is 17.1. The second-order valence-corrected chi connectivity index (χ2v) is 5.45. The molecule has 118 valence electrons. The van der Waals surface area contributed by atoms with Gasteiger partial charge in [-0.1, -0.05) is 41.5 Å². The predicted molar refractivity (Wildman–Crippen MR) is 94.3 cm³/mol. The van der Waals surface area contributed by atoms with Crippen molar-refractivity contribution in [2.75, 3.05) is 5.32 Å². The predicted octanol–water partition coefficient (Wildman–Crippen LogP) is 2.98. The molecule has 0 atom stereocenters. The van der Waals surface area contributed by atoms with Gasteiger partial charge < -0.3 is 10.4 Å². The number of amides is 1. The fourth-order valence-electron chi connectivity index (χ4n) is 1.51. The van der Waals surface area contributed by atoms with E-state index in [-0.39, 0.29) is 21.3 Å². The molecule has 0 aliphatic carbocycles. The van der Waals surface area contributed by atoms with Crippen molar-refractivity contribution in [3.8, 4) is 5.75 Å². The lowest BCUT2D eigenvalue weighted by Gasteiger charge is -2.05. The van der Waals surface area contributed by atoms with Gasteiger partial charge in [0.2, 0.25) is 0 Å². The average Bonchev–Trinajstić information content (AvgIpc) is 2.52. The summed E-state index contributed by atoms with van der Waals surface area (Å²) in [6.07, 6.45) is 2.78. The van der Waals surface area contributed by atoms with Gasteiger partial charge in [0.1, 0.15) is 11.6 Å². The summed E-state index contributed by atoms with van der Waals surface area (Å²) in [6.45, 7) is 0. The largest absolute Gasteiger partial charge is 0.506 e. The Labute approximate surface area is 147 Å². The molecule has 0 fully saturated rings. The number of halogens is 2. The first-order valence-corrected chi connectivity index (χ1v) is 7.37. The molecule has 0 saturated heterocycles. The number of aromatic hydroxyl groups is 1. The standard InChI is InChI=1S/C14H10Cl2N4O2S/c15-9-5-8(12(21)10(16)6-9)7-18-20-14(23)13(22)19-11-3-1-2-4-17-11/h1-7,21H,(H,20,23)(H,17,19,22)/b18-7-. The Balaban J connectivity index is 1.97. The van der Waals surface area contributed by atoms with Crippen molar-refractivity contribution in [2.45, 2.75) is 0 Å². The fraction of sp³-hybridized carbons (Fsp3) is 0. The van der Waals surface area contributed by atoms with Crippen molar-refractivity contribution in [1.82, 2.24) is 10.4 Å². The zero-order valence-electron chi connectivity index (χ0n) is 11.5. The number of carbonyl (C=O) groups is 1. The van der Waals surface area contributed by atoms with Crippen LogP contribution in [-0.4, -0.2) is 27.2 Å². The van der Waals surface area contributed by atoms with Crippen LogP contribution in [0.3, 0.4) is 0 Å². The van der Waals surface area contributed by atoms with Crippen LogP contribution in [0.25, 0.3) is 0 Å². The summed E-state index contributed by atoms with van der Waals surface area (Å²) in [5.41, 5.74) is 2.66. The topological polar surface area (TPSA) is 86.6 Å². The molecule has 0 spiro atoms. The summed E-state index contributed by atoms with van der Waals surface area (Å²) >= 11 is 16.5. The minimum absolute atomic E-state index is 0.0921. The van der Waals surface area contributed by atoms with Crippen LogP contribution in [0.2, 0.25) is 10.0 Å². The summed E-state index contributed by atoms with van der Waals surface area (Å²) in [5, 5.41) is 16.5. The van der Waals surface area contributed by atoms with Crippen molar-refractivity contribution >= 4 is 58.3 Å². The smallest absolute Gasteiger partial charge is 0.285 e. The Bertz CT molecular complexity index is 769. The number of nitrogens with one attached hydrogen (secondary N) is 2. The number of anilines is 1. The highest BCUT2D eigenvalue weighted by Gasteiger charge is 2.09. The molecule has 1 heterocycles. The lowest BCUT2D eigenvalue weighted by Crippen LogP contribution is -2.31. The SMILES string of the molecule is O=C(Nc1ccccn1)C(=S)N/N=C\c1cc(Cl)cc(Cl)c1O. The van der Waals surface area contributed by atoms with Gasteiger partial charge in [-0.05, 0) is 24.3 Å². The highest BCUT2D eigenvalue weighted by molar-refractivity contribution is 7.82. The maximum Gasteiger partial charge on any atom is 0.285 e. The van der Waals surface area contributed by atoms with E-state index in [1.807, 2.05) is 0 Å². The highest BCUT2D eigenvalue weighted by atomic mass is 35.5. The van der Waals surface area contributed by atoms with Crippen molar-refractivity contribution < 1.29 is 9.90 Å². The van der Waals surface area contributed by atoms with Gasteiger partial charge in [-0.15, -0.1) is 0 Å². The van der Waals surface area contributed by atoms with Gasteiger partial charge in [-0.25, -0.2) is 4.98 Å². The van der Waals surface area contributed by atoms with Gasteiger partial charge in [0.25, 0.3) is 5.91 Å². The van der Waals surface area contributed by atoms with Crippen molar-refractivity contribution in [3.05, 3.63) is 52.1 Å². The summed E-state index contributed by atoms with van der Waals surface area (Å²) < 4.78 is 0. The van der Waals surface area contributed by atoms with Crippen LogP contribution in [0.1, 0.15) is 5.56 Å². The number of hydrazone groups is 1. The van der Waals surface area contributed by atoms with Crippen LogP contribution in [0.5, 0.6) is 5.75 Å². The number of phenolic OH excluding ortho intramolecular Hbond substituents is 1. The quantitative estimate of drug-likeness (QED) is 0.440. The second-order valence-electron chi connectivity index (χ2n) is 4.19. The third-order valence-electron chi connectivity index (χ3n) is 2.54. The van der Waals surface area contributed by atoms with E-state index in [1.165, 1.54) is 24.5 Å². The second kappa shape index (κ2) is 7.87. The molecular formula is C14H10Cl2N4O2S. The number of pyridine rings is 1. The molecule has 23 heavy (non-hydrogen) atoms. The van der Waals surface area contributed by atoms with Gasteiger partial charge in [0.05, 0.1) is 11.2 Å². The molecule has 0 saturated carbocycles. The summed E-state index contributed by atoms with van der Waals surface area (Å²) in [7, 11) is 0. The molecule has 0 radical (unpaired) electrons. The van der Waals surface area contributed by atoms with E-state index in [2.05, 4.69) is 20.8 Å². The normalized spacial score (nSPS) is 10.5. The number of carbonyl (C=O) groups excluding carboxylic acids is 1. The van der Waals surface area contributed by atoms with E-state index in [9.17, 15) is 9.90 Å². The molecule has 9 heteroatoms. The molecule has 1 aromatic carbocycles. The average molecular weight is 369 g/mol. The zero-order valence-corrected chi connectivity index (χ0v) is 13.8. The first-order valence-electron chi connectivity index (χ1n) is 6.21. The van der Waals surface area contributed by atoms with Crippen LogP contribution >= 0.6 is 35.4 Å². The minimum Gasteiger partial charge on any atom is -0.506 e. The van der Waals surface area contributed by atoms with Crippen LogP contribution in [0.15, 0.2) is 41.6 Å². The third kappa shape index (κ3) is 4.88. The number of rotatable bonds is 3. The molecule has 2 aromatic rings. The van der Waals surface area contributed by atoms with E-state index in [1.54, 1.807) is 18.2 Å². The molecule has 0 unspecified atom stereocenters. The van der Waals surface area contributed by atoms with Crippen molar-refractivity contribution in [1.29, 1.82) is 0 Å². The number of hydrogen-bond acceptors (Lipinski definition) is 5. The number of phenols is 1. The van der Waals surface area contributed by atoms with E-state index >= 15 is 0 Å². The molecule has 1 aromatic heterocycles. The van der Waals surface area contributed by atoms with E-state index in [0.29, 0.717) is 10.8 Å². The Morgan fingerprint density at radius 3 is 2.83 bits per heavy atom. The number of benzene rings is 1. The zero-order chi connectivity index (χ0) is 16.8. The highest BCUT2D eigenvalue weighted by Crippen LogP contribution is 2.29. The van der Waals surface area contributed by atoms with Crippen LogP contribution in [-0.2, 0) is 4.79 Å². The number of hydrogen-bond donors (Lipinski definition) is 3.